The average molecular weight is 297 g/mol. The van der Waals surface area contributed by atoms with Gasteiger partial charge in [-0.15, -0.1) is 0 Å². The van der Waals surface area contributed by atoms with Gasteiger partial charge in [0, 0.05) is 12.1 Å². The molecular weight excluding hydrogens is 280 g/mol. The van der Waals surface area contributed by atoms with E-state index in [0.717, 1.165) is 10.5 Å². The SMILES string of the molecule is CCOC(=O)c1cc2c(cc1C)N(CC(F)F)C(=O)CC2. The number of anilines is 1. The summed E-state index contributed by atoms with van der Waals surface area (Å²) >= 11 is 0. The Labute approximate surface area is 121 Å². The van der Waals surface area contributed by atoms with E-state index in [1.807, 2.05) is 0 Å². The number of hydrogen-bond acceptors (Lipinski definition) is 3. The first-order valence-corrected chi connectivity index (χ1v) is 6.83. The fourth-order valence-electron chi connectivity index (χ4n) is 2.47. The molecule has 1 amide bonds. The molecule has 0 bridgehead atoms. The number of ether oxygens (including phenoxy) is 1. The molecule has 1 heterocycles. The third-order valence-electron chi connectivity index (χ3n) is 3.44. The number of fused-ring (bicyclic) bond motifs is 1. The van der Waals surface area contributed by atoms with E-state index in [-0.39, 0.29) is 18.9 Å². The Bertz CT molecular complexity index is 572. The quantitative estimate of drug-likeness (QED) is 0.803. The van der Waals surface area contributed by atoms with Crippen molar-refractivity contribution >= 4 is 17.6 Å². The van der Waals surface area contributed by atoms with Crippen molar-refractivity contribution in [3.05, 3.63) is 28.8 Å². The third kappa shape index (κ3) is 3.20. The van der Waals surface area contributed by atoms with Gasteiger partial charge in [0.25, 0.3) is 6.43 Å². The predicted molar refractivity (Wildman–Crippen MR) is 73.8 cm³/mol. The van der Waals surface area contributed by atoms with Crippen LogP contribution in [0.3, 0.4) is 0 Å². The molecule has 1 aliphatic rings. The molecule has 0 unspecified atom stereocenters. The number of alkyl halides is 2. The van der Waals surface area contributed by atoms with E-state index in [1.165, 1.54) is 0 Å². The molecule has 0 fully saturated rings. The van der Waals surface area contributed by atoms with E-state index in [9.17, 15) is 18.4 Å². The predicted octanol–water partition coefficient (Wildman–Crippen LogP) is 2.72. The number of amides is 1. The fraction of sp³-hybridized carbons (Fsp3) is 0.467. The molecule has 0 aromatic heterocycles. The summed E-state index contributed by atoms with van der Waals surface area (Å²) in [6.45, 7) is 3.07. The molecule has 0 spiro atoms. The van der Waals surface area contributed by atoms with Crippen LogP contribution in [0.1, 0.15) is 34.8 Å². The van der Waals surface area contributed by atoms with Crippen LogP contribution in [0.5, 0.6) is 0 Å². The van der Waals surface area contributed by atoms with Gasteiger partial charge in [0.05, 0.1) is 18.7 Å². The number of carbonyl (C=O) groups is 2. The summed E-state index contributed by atoms with van der Waals surface area (Å²) < 4.78 is 30.2. The van der Waals surface area contributed by atoms with Crippen molar-refractivity contribution in [3.8, 4) is 0 Å². The number of rotatable bonds is 4. The highest BCUT2D eigenvalue weighted by atomic mass is 19.3. The van der Waals surface area contributed by atoms with Crippen LogP contribution in [0.15, 0.2) is 12.1 Å². The standard InChI is InChI=1S/C15H17F2NO3/c1-3-21-15(20)11-7-10-4-5-14(19)18(8-13(16)17)12(10)6-9(11)2/h6-7,13H,3-5,8H2,1-2H3. The third-order valence-corrected chi connectivity index (χ3v) is 3.44. The van der Waals surface area contributed by atoms with Gasteiger partial charge in [0.15, 0.2) is 0 Å². The van der Waals surface area contributed by atoms with Gasteiger partial charge in [-0.1, -0.05) is 0 Å². The Morgan fingerprint density at radius 2 is 2.10 bits per heavy atom. The Morgan fingerprint density at radius 3 is 2.71 bits per heavy atom. The zero-order valence-corrected chi connectivity index (χ0v) is 12.0. The number of halogens is 2. The molecule has 0 aliphatic carbocycles. The molecule has 114 valence electrons. The van der Waals surface area contributed by atoms with Crippen molar-refractivity contribution in [1.29, 1.82) is 0 Å². The Kier molecular flexibility index (Phi) is 4.55. The Morgan fingerprint density at radius 1 is 1.38 bits per heavy atom. The van der Waals surface area contributed by atoms with Crippen molar-refractivity contribution in [2.24, 2.45) is 0 Å². The molecular formula is C15H17F2NO3. The summed E-state index contributed by atoms with van der Waals surface area (Å²) in [6.07, 6.45) is -1.98. The second-order valence-electron chi connectivity index (χ2n) is 4.91. The van der Waals surface area contributed by atoms with E-state index < -0.39 is 18.9 Å². The lowest BCUT2D eigenvalue weighted by molar-refractivity contribution is -0.119. The van der Waals surface area contributed by atoms with Gasteiger partial charge in [-0.25, -0.2) is 13.6 Å². The molecule has 0 N–H and O–H groups in total. The first-order chi connectivity index (χ1) is 9.93. The normalized spacial score (nSPS) is 14.3. The first kappa shape index (κ1) is 15.4. The van der Waals surface area contributed by atoms with Crippen molar-refractivity contribution in [3.63, 3.8) is 0 Å². The summed E-state index contributed by atoms with van der Waals surface area (Å²) in [7, 11) is 0. The maximum absolute atomic E-state index is 12.6. The lowest BCUT2D eigenvalue weighted by Crippen LogP contribution is -2.38. The van der Waals surface area contributed by atoms with Crippen molar-refractivity contribution in [2.45, 2.75) is 33.1 Å². The highest BCUT2D eigenvalue weighted by Gasteiger charge is 2.28. The van der Waals surface area contributed by atoms with Crippen LogP contribution in [0.4, 0.5) is 14.5 Å². The summed E-state index contributed by atoms with van der Waals surface area (Å²) in [5.74, 6) is -0.749. The van der Waals surface area contributed by atoms with Gasteiger partial charge in [-0.05, 0) is 43.5 Å². The van der Waals surface area contributed by atoms with E-state index in [4.69, 9.17) is 4.74 Å². The molecule has 1 aliphatic heterocycles. The number of carbonyl (C=O) groups excluding carboxylic acids is 2. The first-order valence-electron chi connectivity index (χ1n) is 6.83. The number of nitrogens with zero attached hydrogens (tertiary/aromatic N) is 1. The second kappa shape index (κ2) is 6.20. The number of benzene rings is 1. The van der Waals surface area contributed by atoms with Crippen LogP contribution in [0, 0.1) is 6.92 Å². The van der Waals surface area contributed by atoms with E-state index >= 15 is 0 Å². The molecule has 2 rings (SSSR count). The molecule has 1 aromatic carbocycles. The summed E-state index contributed by atoms with van der Waals surface area (Å²) in [5.41, 5.74) is 2.23. The van der Waals surface area contributed by atoms with Gasteiger partial charge < -0.3 is 9.64 Å². The molecule has 0 saturated carbocycles. The molecule has 0 atom stereocenters. The topological polar surface area (TPSA) is 46.6 Å². The summed E-state index contributed by atoms with van der Waals surface area (Å²) in [5, 5.41) is 0. The average Bonchev–Trinajstić information content (AvgIpc) is 2.41. The Hall–Kier alpha value is -1.98. The lowest BCUT2D eigenvalue weighted by atomic mass is 9.95. The number of hydrogen-bond donors (Lipinski definition) is 0. The molecule has 4 nitrogen and oxygen atoms in total. The molecule has 6 heteroatoms. The monoisotopic (exact) mass is 297 g/mol. The zero-order valence-electron chi connectivity index (χ0n) is 12.0. The van der Waals surface area contributed by atoms with Crippen LogP contribution in [-0.2, 0) is 16.0 Å². The minimum absolute atomic E-state index is 0.172. The van der Waals surface area contributed by atoms with Crippen LogP contribution in [-0.4, -0.2) is 31.5 Å². The minimum Gasteiger partial charge on any atom is -0.462 e. The highest BCUT2D eigenvalue weighted by molar-refractivity contribution is 5.98. The van der Waals surface area contributed by atoms with Gasteiger partial charge >= 0.3 is 5.97 Å². The summed E-state index contributed by atoms with van der Waals surface area (Å²) in [4.78, 5) is 24.8. The molecule has 1 aromatic rings. The van der Waals surface area contributed by atoms with E-state index in [2.05, 4.69) is 0 Å². The van der Waals surface area contributed by atoms with Crippen LogP contribution in [0.2, 0.25) is 0 Å². The zero-order chi connectivity index (χ0) is 15.6. The largest absolute Gasteiger partial charge is 0.462 e. The van der Waals surface area contributed by atoms with E-state index in [0.29, 0.717) is 23.2 Å². The van der Waals surface area contributed by atoms with Crippen molar-refractivity contribution in [2.75, 3.05) is 18.1 Å². The van der Waals surface area contributed by atoms with Gasteiger partial charge in [0.2, 0.25) is 5.91 Å². The molecule has 21 heavy (non-hydrogen) atoms. The Balaban J connectivity index is 2.41. The minimum atomic E-state index is -2.59. The van der Waals surface area contributed by atoms with E-state index in [1.54, 1.807) is 26.0 Å². The fourth-order valence-corrected chi connectivity index (χ4v) is 2.47. The number of aryl methyl sites for hydroxylation is 2. The van der Waals surface area contributed by atoms with Gasteiger partial charge in [-0.3, -0.25) is 4.79 Å². The molecule has 0 radical (unpaired) electrons. The van der Waals surface area contributed by atoms with Gasteiger partial charge in [0.1, 0.15) is 0 Å². The highest BCUT2D eigenvalue weighted by Crippen LogP contribution is 2.31. The van der Waals surface area contributed by atoms with Crippen LogP contribution < -0.4 is 4.90 Å². The van der Waals surface area contributed by atoms with Crippen molar-refractivity contribution < 1.29 is 23.1 Å². The van der Waals surface area contributed by atoms with Crippen LogP contribution >= 0.6 is 0 Å². The maximum atomic E-state index is 12.6. The smallest absolute Gasteiger partial charge is 0.338 e. The second-order valence-corrected chi connectivity index (χ2v) is 4.91. The molecule has 0 saturated heterocycles. The van der Waals surface area contributed by atoms with Crippen LogP contribution in [0.25, 0.3) is 0 Å². The maximum Gasteiger partial charge on any atom is 0.338 e. The van der Waals surface area contributed by atoms with Crippen molar-refractivity contribution in [1.82, 2.24) is 0 Å². The summed E-state index contributed by atoms with van der Waals surface area (Å²) in [6, 6.07) is 3.26. The van der Waals surface area contributed by atoms with Gasteiger partial charge in [-0.2, -0.15) is 0 Å². The lowest BCUT2D eigenvalue weighted by Gasteiger charge is -2.30. The number of esters is 1.